The summed E-state index contributed by atoms with van der Waals surface area (Å²) in [5.74, 6) is 1.04. The smallest absolute Gasteiger partial charge is 0.254 e. The van der Waals surface area contributed by atoms with Gasteiger partial charge in [-0.25, -0.2) is 4.98 Å². The van der Waals surface area contributed by atoms with Crippen LogP contribution >= 0.6 is 27.5 Å². The standard InChI is InChI=1S/C15H14BrClN2O3/c1-21-11-3-4-13(22-2)9(5-11)7-19-15(20)12-6-10(16)8-18-14(12)17/h3-6,8H,7H2,1-2H3,(H,19,20). The van der Waals surface area contributed by atoms with Gasteiger partial charge in [0, 0.05) is 22.8 Å². The third kappa shape index (κ3) is 3.90. The van der Waals surface area contributed by atoms with Crippen molar-refractivity contribution in [1.82, 2.24) is 10.3 Å². The van der Waals surface area contributed by atoms with Crippen LogP contribution in [0.15, 0.2) is 34.9 Å². The Kier molecular flexibility index (Phi) is 5.63. The highest BCUT2D eigenvalue weighted by Gasteiger charge is 2.13. The van der Waals surface area contributed by atoms with Crippen LogP contribution in [0.2, 0.25) is 5.15 Å². The number of rotatable bonds is 5. The predicted octanol–water partition coefficient (Wildman–Crippen LogP) is 3.44. The van der Waals surface area contributed by atoms with Crippen LogP contribution in [0.25, 0.3) is 0 Å². The fourth-order valence-electron chi connectivity index (χ4n) is 1.87. The Labute approximate surface area is 141 Å². The molecule has 0 atom stereocenters. The van der Waals surface area contributed by atoms with E-state index in [0.29, 0.717) is 21.5 Å². The van der Waals surface area contributed by atoms with Gasteiger partial charge in [-0.3, -0.25) is 4.79 Å². The third-order valence-corrected chi connectivity index (χ3v) is 3.71. The second-order valence-electron chi connectivity index (χ2n) is 4.35. The summed E-state index contributed by atoms with van der Waals surface area (Å²) < 4.78 is 11.1. The molecule has 0 spiro atoms. The molecule has 5 nitrogen and oxygen atoms in total. The number of methoxy groups -OCH3 is 2. The number of halogens is 2. The van der Waals surface area contributed by atoms with E-state index >= 15 is 0 Å². The molecule has 1 aromatic carbocycles. The molecule has 1 N–H and O–H groups in total. The van der Waals surface area contributed by atoms with E-state index in [1.807, 2.05) is 0 Å². The lowest BCUT2D eigenvalue weighted by Crippen LogP contribution is -2.23. The minimum atomic E-state index is -0.316. The molecule has 0 saturated carbocycles. The molecular formula is C15H14BrClN2O3. The first-order valence-electron chi connectivity index (χ1n) is 6.35. The van der Waals surface area contributed by atoms with E-state index in [9.17, 15) is 4.79 Å². The largest absolute Gasteiger partial charge is 0.497 e. The lowest BCUT2D eigenvalue weighted by molar-refractivity contribution is 0.0950. The first-order chi connectivity index (χ1) is 10.5. The number of amides is 1. The minimum absolute atomic E-state index is 0.151. The second-order valence-corrected chi connectivity index (χ2v) is 5.63. The fraction of sp³-hybridized carbons (Fsp3) is 0.200. The van der Waals surface area contributed by atoms with Crippen molar-refractivity contribution in [3.63, 3.8) is 0 Å². The van der Waals surface area contributed by atoms with Crippen molar-refractivity contribution < 1.29 is 14.3 Å². The molecule has 1 aromatic heterocycles. The zero-order valence-electron chi connectivity index (χ0n) is 12.0. The molecule has 0 fully saturated rings. The highest BCUT2D eigenvalue weighted by Crippen LogP contribution is 2.24. The Bertz CT molecular complexity index is 694. The monoisotopic (exact) mass is 384 g/mol. The average molecular weight is 386 g/mol. The van der Waals surface area contributed by atoms with Gasteiger partial charge in [-0.2, -0.15) is 0 Å². The van der Waals surface area contributed by atoms with Gasteiger partial charge in [-0.1, -0.05) is 11.6 Å². The van der Waals surface area contributed by atoms with Gasteiger partial charge >= 0.3 is 0 Å². The summed E-state index contributed by atoms with van der Waals surface area (Å²) in [6.45, 7) is 0.280. The molecule has 0 bridgehead atoms. The normalized spacial score (nSPS) is 10.2. The van der Waals surface area contributed by atoms with Crippen LogP contribution in [-0.2, 0) is 6.54 Å². The van der Waals surface area contributed by atoms with E-state index in [4.69, 9.17) is 21.1 Å². The van der Waals surface area contributed by atoms with E-state index in [-0.39, 0.29) is 17.6 Å². The molecule has 0 aliphatic heterocycles. The molecule has 0 unspecified atom stereocenters. The van der Waals surface area contributed by atoms with Crippen LogP contribution in [0.5, 0.6) is 11.5 Å². The molecule has 7 heteroatoms. The number of carbonyl (C=O) groups excluding carboxylic acids is 1. The number of ether oxygens (including phenoxy) is 2. The van der Waals surface area contributed by atoms with Crippen LogP contribution in [0.1, 0.15) is 15.9 Å². The number of hydrogen-bond acceptors (Lipinski definition) is 4. The fourth-order valence-corrected chi connectivity index (χ4v) is 2.39. The highest BCUT2D eigenvalue weighted by atomic mass is 79.9. The molecule has 116 valence electrons. The maximum Gasteiger partial charge on any atom is 0.254 e. The molecule has 0 radical (unpaired) electrons. The molecule has 0 saturated heterocycles. The summed E-state index contributed by atoms with van der Waals surface area (Å²) in [4.78, 5) is 16.1. The molecule has 0 aliphatic rings. The summed E-state index contributed by atoms with van der Waals surface area (Å²) in [7, 11) is 3.15. The van der Waals surface area contributed by atoms with Crippen molar-refractivity contribution in [2.24, 2.45) is 0 Å². The topological polar surface area (TPSA) is 60.5 Å². The van der Waals surface area contributed by atoms with E-state index in [0.717, 1.165) is 5.56 Å². The van der Waals surface area contributed by atoms with Gasteiger partial charge in [0.05, 0.1) is 19.8 Å². The SMILES string of the molecule is COc1ccc(OC)c(CNC(=O)c2cc(Br)cnc2Cl)c1. The second kappa shape index (κ2) is 7.47. The molecule has 2 rings (SSSR count). The van der Waals surface area contributed by atoms with Crippen LogP contribution in [0, 0.1) is 0 Å². The molecular weight excluding hydrogens is 372 g/mol. The summed E-state index contributed by atoms with van der Waals surface area (Å²) in [6, 6.07) is 7.00. The summed E-state index contributed by atoms with van der Waals surface area (Å²) in [5.41, 5.74) is 1.10. The number of nitrogens with one attached hydrogen (secondary N) is 1. The molecule has 2 aromatic rings. The third-order valence-electron chi connectivity index (χ3n) is 2.98. The molecule has 1 heterocycles. The van der Waals surface area contributed by atoms with Crippen LogP contribution < -0.4 is 14.8 Å². The van der Waals surface area contributed by atoms with Gasteiger partial charge < -0.3 is 14.8 Å². The number of benzene rings is 1. The Hall–Kier alpha value is -1.79. The maximum atomic E-state index is 12.2. The Morgan fingerprint density at radius 2 is 2.09 bits per heavy atom. The van der Waals surface area contributed by atoms with Crippen molar-refractivity contribution in [3.8, 4) is 11.5 Å². The number of hydrogen-bond donors (Lipinski definition) is 1. The van der Waals surface area contributed by atoms with Crippen molar-refractivity contribution in [3.05, 3.63) is 51.2 Å². The molecule has 1 amide bonds. The Morgan fingerprint density at radius 1 is 1.32 bits per heavy atom. The predicted molar refractivity (Wildman–Crippen MR) is 87.7 cm³/mol. The molecule has 22 heavy (non-hydrogen) atoms. The van der Waals surface area contributed by atoms with Gasteiger partial charge in [0.2, 0.25) is 0 Å². The van der Waals surface area contributed by atoms with Gasteiger partial charge in [0.1, 0.15) is 16.7 Å². The summed E-state index contributed by atoms with van der Waals surface area (Å²) in [6.07, 6.45) is 1.53. The lowest BCUT2D eigenvalue weighted by atomic mass is 10.1. The number of nitrogens with zero attached hydrogens (tertiary/aromatic N) is 1. The van der Waals surface area contributed by atoms with E-state index < -0.39 is 0 Å². The van der Waals surface area contributed by atoms with E-state index in [2.05, 4.69) is 26.2 Å². The van der Waals surface area contributed by atoms with Crippen molar-refractivity contribution in [1.29, 1.82) is 0 Å². The van der Waals surface area contributed by atoms with E-state index in [1.54, 1.807) is 38.5 Å². The van der Waals surface area contributed by atoms with Crippen LogP contribution in [0.3, 0.4) is 0 Å². The van der Waals surface area contributed by atoms with Gasteiger partial charge in [-0.15, -0.1) is 0 Å². The van der Waals surface area contributed by atoms with Gasteiger partial charge in [0.15, 0.2) is 0 Å². The maximum absolute atomic E-state index is 12.2. The van der Waals surface area contributed by atoms with Crippen LogP contribution in [0.4, 0.5) is 0 Å². The van der Waals surface area contributed by atoms with Gasteiger partial charge in [0.25, 0.3) is 5.91 Å². The molecule has 0 aliphatic carbocycles. The first-order valence-corrected chi connectivity index (χ1v) is 7.52. The van der Waals surface area contributed by atoms with Crippen molar-refractivity contribution in [2.45, 2.75) is 6.54 Å². The highest BCUT2D eigenvalue weighted by molar-refractivity contribution is 9.10. The van der Waals surface area contributed by atoms with E-state index in [1.165, 1.54) is 6.20 Å². The van der Waals surface area contributed by atoms with Gasteiger partial charge in [-0.05, 0) is 40.2 Å². The first kappa shape index (κ1) is 16.6. The van der Waals surface area contributed by atoms with Crippen molar-refractivity contribution >= 4 is 33.4 Å². The number of pyridine rings is 1. The quantitative estimate of drug-likeness (QED) is 0.801. The summed E-state index contributed by atoms with van der Waals surface area (Å²) >= 11 is 9.21. The minimum Gasteiger partial charge on any atom is -0.497 e. The number of aromatic nitrogens is 1. The average Bonchev–Trinajstić information content (AvgIpc) is 2.54. The summed E-state index contributed by atoms with van der Waals surface area (Å²) in [5, 5.41) is 2.94. The van der Waals surface area contributed by atoms with Crippen LogP contribution in [-0.4, -0.2) is 25.1 Å². The number of carbonyl (C=O) groups is 1. The zero-order chi connectivity index (χ0) is 16.1. The zero-order valence-corrected chi connectivity index (χ0v) is 14.4. The van der Waals surface area contributed by atoms with Crippen molar-refractivity contribution in [2.75, 3.05) is 14.2 Å². The lowest BCUT2D eigenvalue weighted by Gasteiger charge is -2.12. The Morgan fingerprint density at radius 3 is 2.77 bits per heavy atom. The Balaban J connectivity index is 2.15.